The quantitative estimate of drug-likeness (QED) is 0.178. The minimum absolute atomic E-state index is 0.902. The molecule has 0 saturated carbocycles. The number of furan rings is 1. The number of rotatable bonds is 6. The van der Waals surface area contributed by atoms with Crippen LogP contribution in [0.3, 0.4) is 0 Å². The third-order valence-corrected chi connectivity index (χ3v) is 9.97. The van der Waals surface area contributed by atoms with E-state index in [1.54, 1.807) is 0 Å². The monoisotopic (exact) mass is 652 g/mol. The zero-order valence-corrected chi connectivity index (χ0v) is 27.8. The van der Waals surface area contributed by atoms with Crippen molar-refractivity contribution in [3.05, 3.63) is 194 Å². The van der Waals surface area contributed by atoms with Crippen LogP contribution >= 0.6 is 0 Å². The summed E-state index contributed by atoms with van der Waals surface area (Å²) in [5, 5.41) is 4.73. The molecule has 0 atom stereocenters. The topological polar surface area (TPSA) is 21.3 Å². The molecule has 0 aliphatic rings. The highest BCUT2D eigenvalue weighted by Gasteiger charge is 2.20. The summed E-state index contributed by atoms with van der Waals surface area (Å²) in [6, 6.07) is 69.1. The van der Waals surface area contributed by atoms with E-state index >= 15 is 0 Å². The van der Waals surface area contributed by atoms with Crippen molar-refractivity contribution in [3.63, 3.8) is 0 Å². The van der Waals surface area contributed by atoms with Crippen LogP contribution in [0, 0.1) is 0 Å². The Morgan fingerprint density at radius 1 is 0.392 bits per heavy atom. The van der Waals surface area contributed by atoms with Crippen LogP contribution in [0.15, 0.2) is 199 Å². The van der Waals surface area contributed by atoms with Crippen molar-refractivity contribution in [2.75, 3.05) is 4.90 Å². The number of nitrogens with zero attached hydrogens (tertiary/aromatic N) is 2. The van der Waals surface area contributed by atoms with Gasteiger partial charge < -0.3 is 13.9 Å². The van der Waals surface area contributed by atoms with Gasteiger partial charge >= 0.3 is 0 Å². The summed E-state index contributed by atoms with van der Waals surface area (Å²) in [5.74, 6) is 0. The lowest BCUT2D eigenvalue weighted by Crippen LogP contribution is -2.10. The van der Waals surface area contributed by atoms with E-state index in [-0.39, 0.29) is 0 Å². The Morgan fingerprint density at radius 2 is 1.02 bits per heavy atom. The number of aromatic nitrogens is 1. The first-order valence-electron chi connectivity index (χ1n) is 17.4. The molecule has 3 heteroatoms. The standard InChI is InChI=1S/C48H32N2O/c1-4-15-33(16-5-1)39-24-14-27-44-47(39)43-30-29-38(32-45(43)50(44)36-20-8-3-9-21-36)49(35-18-6-2-7-19-35)37-22-12-17-34(31-37)40-25-13-26-42-41-23-10-11-28-46(41)51-48(40)42/h1-32H. The maximum absolute atomic E-state index is 6.47. The van der Waals surface area contributed by atoms with Gasteiger partial charge in [0.15, 0.2) is 0 Å². The smallest absolute Gasteiger partial charge is 0.143 e. The molecular formula is C48H32N2O. The largest absolute Gasteiger partial charge is 0.455 e. The van der Waals surface area contributed by atoms with Crippen molar-refractivity contribution < 1.29 is 4.42 Å². The van der Waals surface area contributed by atoms with Crippen molar-refractivity contribution >= 4 is 60.8 Å². The molecule has 0 fully saturated rings. The third kappa shape index (κ3) is 4.82. The van der Waals surface area contributed by atoms with Gasteiger partial charge in [-0.15, -0.1) is 0 Å². The Balaban J connectivity index is 1.20. The maximum atomic E-state index is 6.47. The summed E-state index contributed by atoms with van der Waals surface area (Å²) in [5.41, 5.74) is 13.1. The highest BCUT2D eigenvalue weighted by molar-refractivity contribution is 6.16. The molecule has 3 nitrogen and oxygen atoms in total. The first-order chi connectivity index (χ1) is 25.3. The van der Waals surface area contributed by atoms with E-state index in [0.717, 1.165) is 61.3 Å². The molecule has 0 saturated heterocycles. The fourth-order valence-electron chi connectivity index (χ4n) is 7.72. The molecule has 0 unspecified atom stereocenters. The molecule has 10 aromatic rings. The molecule has 10 rings (SSSR count). The van der Waals surface area contributed by atoms with Crippen LogP contribution in [-0.2, 0) is 0 Å². The molecule has 0 N–H and O–H groups in total. The lowest BCUT2D eigenvalue weighted by Gasteiger charge is -2.26. The number of hydrogen-bond donors (Lipinski definition) is 0. The average molecular weight is 653 g/mol. The van der Waals surface area contributed by atoms with E-state index in [0.29, 0.717) is 0 Å². The van der Waals surface area contributed by atoms with Crippen LogP contribution in [0.5, 0.6) is 0 Å². The van der Waals surface area contributed by atoms with E-state index < -0.39 is 0 Å². The summed E-state index contributed by atoms with van der Waals surface area (Å²) in [4.78, 5) is 2.35. The summed E-state index contributed by atoms with van der Waals surface area (Å²) >= 11 is 0. The second kappa shape index (κ2) is 11.9. The van der Waals surface area contributed by atoms with Crippen molar-refractivity contribution in [2.45, 2.75) is 0 Å². The minimum Gasteiger partial charge on any atom is -0.455 e. The Labute approximate surface area is 295 Å². The molecule has 0 aliphatic heterocycles. The lowest BCUT2D eigenvalue weighted by molar-refractivity contribution is 0.670. The van der Waals surface area contributed by atoms with Gasteiger partial charge in [0.1, 0.15) is 11.2 Å². The second-order valence-electron chi connectivity index (χ2n) is 12.9. The molecule has 0 radical (unpaired) electrons. The van der Waals surface area contributed by atoms with Crippen LogP contribution in [0.1, 0.15) is 0 Å². The molecule has 0 aliphatic carbocycles. The first kappa shape index (κ1) is 29.1. The summed E-state index contributed by atoms with van der Waals surface area (Å²) in [6.45, 7) is 0. The van der Waals surface area contributed by atoms with Crippen molar-refractivity contribution in [1.82, 2.24) is 4.57 Å². The summed E-state index contributed by atoms with van der Waals surface area (Å²) in [7, 11) is 0. The third-order valence-electron chi connectivity index (χ3n) is 9.97. The Hall–Kier alpha value is -6.84. The Morgan fingerprint density at radius 3 is 1.86 bits per heavy atom. The van der Waals surface area contributed by atoms with Gasteiger partial charge in [0, 0.05) is 49.9 Å². The molecule has 51 heavy (non-hydrogen) atoms. The molecule has 240 valence electrons. The van der Waals surface area contributed by atoms with Crippen LogP contribution in [0.4, 0.5) is 17.1 Å². The van der Waals surface area contributed by atoms with Crippen LogP contribution < -0.4 is 4.90 Å². The van der Waals surface area contributed by atoms with Gasteiger partial charge in [0.05, 0.1) is 11.0 Å². The average Bonchev–Trinajstić information content (AvgIpc) is 3.75. The maximum Gasteiger partial charge on any atom is 0.143 e. The van der Waals surface area contributed by atoms with E-state index in [1.807, 2.05) is 12.1 Å². The fraction of sp³-hybridized carbons (Fsp3) is 0. The normalized spacial score (nSPS) is 11.5. The number of fused-ring (bicyclic) bond motifs is 6. The van der Waals surface area contributed by atoms with Crippen molar-refractivity contribution in [3.8, 4) is 27.9 Å². The van der Waals surface area contributed by atoms with Gasteiger partial charge in [-0.1, -0.05) is 133 Å². The number of para-hydroxylation sites is 4. The van der Waals surface area contributed by atoms with Crippen LogP contribution in [0.2, 0.25) is 0 Å². The number of benzene rings is 8. The SMILES string of the molecule is c1ccc(-c2cccc3c2c2ccc(N(c4ccccc4)c4cccc(-c5cccc6c5oc5ccccc56)c4)cc2n3-c2ccccc2)cc1. The summed E-state index contributed by atoms with van der Waals surface area (Å²) in [6.07, 6.45) is 0. The van der Waals surface area contributed by atoms with E-state index in [9.17, 15) is 0 Å². The lowest BCUT2D eigenvalue weighted by atomic mass is 9.99. The highest BCUT2D eigenvalue weighted by atomic mass is 16.3. The van der Waals surface area contributed by atoms with E-state index in [4.69, 9.17) is 4.42 Å². The van der Waals surface area contributed by atoms with E-state index in [1.165, 1.54) is 27.4 Å². The van der Waals surface area contributed by atoms with Crippen LogP contribution in [-0.4, -0.2) is 4.57 Å². The molecular weight excluding hydrogens is 621 g/mol. The van der Waals surface area contributed by atoms with Gasteiger partial charge in [-0.3, -0.25) is 0 Å². The van der Waals surface area contributed by atoms with Gasteiger partial charge in [-0.25, -0.2) is 0 Å². The molecule has 0 spiro atoms. The Bertz CT molecular complexity index is 2850. The number of anilines is 3. The van der Waals surface area contributed by atoms with Gasteiger partial charge in [0.25, 0.3) is 0 Å². The zero-order chi connectivity index (χ0) is 33.7. The predicted molar refractivity (Wildman–Crippen MR) is 214 cm³/mol. The van der Waals surface area contributed by atoms with Gasteiger partial charge in [-0.05, 0) is 77.4 Å². The molecule has 2 heterocycles. The zero-order valence-electron chi connectivity index (χ0n) is 27.8. The minimum atomic E-state index is 0.902. The van der Waals surface area contributed by atoms with E-state index in [2.05, 4.69) is 191 Å². The summed E-state index contributed by atoms with van der Waals surface area (Å²) < 4.78 is 8.87. The first-order valence-corrected chi connectivity index (χ1v) is 17.4. The molecule has 8 aromatic carbocycles. The molecule has 2 aromatic heterocycles. The van der Waals surface area contributed by atoms with Crippen molar-refractivity contribution in [1.29, 1.82) is 0 Å². The highest BCUT2D eigenvalue weighted by Crippen LogP contribution is 2.43. The fourth-order valence-corrected chi connectivity index (χ4v) is 7.72. The van der Waals surface area contributed by atoms with Gasteiger partial charge in [0.2, 0.25) is 0 Å². The van der Waals surface area contributed by atoms with Crippen LogP contribution in [0.25, 0.3) is 71.7 Å². The second-order valence-corrected chi connectivity index (χ2v) is 12.9. The molecule has 0 amide bonds. The number of hydrogen-bond acceptors (Lipinski definition) is 2. The molecule has 0 bridgehead atoms. The van der Waals surface area contributed by atoms with Gasteiger partial charge in [-0.2, -0.15) is 0 Å². The van der Waals surface area contributed by atoms with Crippen molar-refractivity contribution in [2.24, 2.45) is 0 Å². The Kier molecular flexibility index (Phi) is 6.81. The predicted octanol–water partition coefficient (Wildman–Crippen LogP) is 13.5.